The van der Waals surface area contributed by atoms with Gasteiger partial charge in [0, 0.05) is 25.4 Å². The van der Waals surface area contributed by atoms with E-state index in [1.54, 1.807) is 4.68 Å². The number of rotatable bonds is 6. The van der Waals surface area contributed by atoms with Crippen LogP contribution in [0.3, 0.4) is 0 Å². The molecule has 0 radical (unpaired) electrons. The van der Waals surface area contributed by atoms with Crippen LogP contribution in [0.15, 0.2) is 66.7 Å². The van der Waals surface area contributed by atoms with Gasteiger partial charge in [0.2, 0.25) is 0 Å². The number of fused-ring (bicyclic) bond motifs is 1. The Morgan fingerprint density at radius 1 is 1.11 bits per heavy atom. The maximum absolute atomic E-state index is 9.14. The SMILES string of the molecule is Cc1ccc(-n2[c-]cc(C(C)(C)C)n2)cc1.OCC1CN(CCOc2cc[c-]c3ccccc23)CCO1.[K+]. The van der Waals surface area contributed by atoms with Crippen LogP contribution in [0.5, 0.6) is 5.75 Å². The van der Waals surface area contributed by atoms with E-state index >= 15 is 0 Å². The molecule has 0 saturated carbocycles. The van der Waals surface area contributed by atoms with Crippen molar-refractivity contribution in [2.45, 2.75) is 39.2 Å². The summed E-state index contributed by atoms with van der Waals surface area (Å²) < 4.78 is 13.2. The summed E-state index contributed by atoms with van der Waals surface area (Å²) in [6.45, 7) is 12.4. The second-order valence-corrected chi connectivity index (χ2v) is 10.4. The number of ether oxygens (including phenoxy) is 2. The van der Waals surface area contributed by atoms with Gasteiger partial charge in [-0.05, 0) is 23.7 Å². The standard InChI is InChI=1S/C17H20NO3.C14H17N2.K/c19-13-15-12-18(8-10-20-15)9-11-21-17-7-3-5-14-4-1-2-6-16(14)17;1-11-5-7-12(8-6-11)16-10-9-13(15-16)14(2,3)4;/h1-4,6-7,15,19H,8-13H2;5-9H,1-4H3;/q2*-1;+1. The predicted octanol–water partition coefficient (Wildman–Crippen LogP) is 1.99. The molecular formula is C31H37KN3O3-. The monoisotopic (exact) mass is 538 g/mol. The minimum absolute atomic E-state index is 0. The van der Waals surface area contributed by atoms with Gasteiger partial charge in [0.05, 0.1) is 25.9 Å². The maximum Gasteiger partial charge on any atom is 1.00 e. The van der Waals surface area contributed by atoms with Gasteiger partial charge in [-0.15, -0.1) is 41.8 Å². The molecule has 0 spiro atoms. The van der Waals surface area contributed by atoms with E-state index in [1.165, 1.54) is 5.56 Å². The average Bonchev–Trinajstić information content (AvgIpc) is 3.41. The molecule has 1 atom stereocenters. The van der Waals surface area contributed by atoms with Gasteiger partial charge < -0.3 is 19.3 Å². The van der Waals surface area contributed by atoms with Crippen molar-refractivity contribution in [1.29, 1.82) is 0 Å². The van der Waals surface area contributed by atoms with Crippen LogP contribution in [-0.2, 0) is 10.2 Å². The summed E-state index contributed by atoms with van der Waals surface area (Å²) >= 11 is 0. The van der Waals surface area contributed by atoms with E-state index in [0.29, 0.717) is 13.2 Å². The summed E-state index contributed by atoms with van der Waals surface area (Å²) in [4.78, 5) is 2.27. The normalized spacial score (nSPS) is 15.9. The van der Waals surface area contributed by atoms with Gasteiger partial charge in [-0.1, -0.05) is 74.3 Å². The topological polar surface area (TPSA) is 59.8 Å². The Morgan fingerprint density at radius 3 is 2.58 bits per heavy atom. The molecule has 0 bridgehead atoms. The first kappa shape index (κ1) is 31.0. The number of morpholine rings is 1. The van der Waals surface area contributed by atoms with Crippen molar-refractivity contribution in [2.75, 3.05) is 39.5 Å². The summed E-state index contributed by atoms with van der Waals surface area (Å²) in [6.07, 6.45) is 3.09. The van der Waals surface area contributed by atoms with Crippen molar-refractivity contribution in [3.8, 4) is 11.4 Å². The summed E-state index contributed by atoms with van der Waals surface area (Å²) in [7, 11) is 0. The Kier molecular flexibility index (Phi) is 12.0. The second-order valence-electron chi connectivity index (χ2n) is 10.4. The molecule has 1 fully saturated rings. The summed E-state index contributed by atoms with van der Waals surface area (Å²) in [5.41, 5.74) is 3.45. The van der Waals surface area contributed by atoms with Crippen molar-refractivity contribution < 1.29 is 66.0 Å². The molecule has 1 aliphatic rings. The van der Waals surface area contributed by atoms with E-state index in [9.17, 15) is 0 Å². The molecule has 1 unspecified atom stereocenters. The molecule has 38 heavy (non-hydrogen) atoms. The van der Waals surface area contributed by atoms with Crippen LogP contribution in [0.25, 0.3) is 16.5 Å². The summed E-state index contributed by atoms with van der Waals surface area (Å²) in [5, 5.41) is 15.9. The quantitative estimate of drug-likeness (QED) is 0.301. The molecule has 5 rings (SSSR count). The number of aliphatic hydroxyl groups excluding tert-OH is 1. The van der Waals surface area contributed by atoms with E-state index in [4.69, 9.17) is 14.6 Å². The van der Waals surface area contributed by atoms with Crippen LogP contribution in [0.1, 0.15) is 32.0 Å². The Balaban J connectivity index is 0.000000213. The van der Waals surface area contributed by atoms with Crippen LogP contribution in [0, 0.1) is 19.2 Å². The number of aliphatic hydroxyl groups is 1. The van der Waals surface area contributed by atoms with E-state index in [1.807, 2.05) is 36.4 Å². The zero-order valence-corrected chi connectivity index (χ0v) is 26.4. The Bertz CT molecular complexity index is 1260. The molecule has 1 N–H and O–H groups in total. The molecule has 6 nitrogen and oxygen atoms in total. The van der Waals surface area contributed by atoms with Gasteiger partial charge in [-0.2, -0.15) is 0 Å². The largest absolute Gasteiger partial charge is 1.00 e. The van der Waals surface area contributed by atoms with Gasteiger partial charge >= 0.3 is 51.4 Å². The molecule has 3 aromatic carbocycles. The third kappa shape index (κ3) is 8.73. The van der Waals surface area contributed by atoms with Crippen molar-refractivity contribution in [2.24, 2.45) is 0 Å². The van der Waals surface area contributed by atoms with Gasteiger partial charge in [0.15, 0.2) is 0 Å². The van der Waals surface area contributed by atoms with Gasteiger partial charge in [-0.25, -0.2) is 0 Å². The number of aromatic nitrogens is 2. The smallest absolute Gasteiger partial charge is 0.511 e. The third-order valence-electron chi connectivity index (χ3n) is 6.34. The van der Waals surface area contributed by atoms with Crippen LogP contribution in [0.2, 0.25) is 0 Å². The van der Waals surface area contributed by atoms with Crippen LogP contribution >= 0.6 is 0 Å². The Labute approximate surface area is 269 Å². The molecule has 1 aromatic heterocycles. The first-order valence-corrected chi connectivity index (χ1v) is 12.9. The third-order valence-corrected chi connectivity index (χ3v) is 6.34. The number of benzene rings is 3. The van der Waals surface area contributed by atoms with E-state index in [-0.39, 0.29) is 69.5 Å². The predicted molar refractivity (Wildman–Crippen MR) is 147 cm³/mol. The molecule has 4 aromatic rings. The molecule has 1 aliphatic heterocycles. The first-order chi connectivity index (χ1) is 17.8. The number of hydrogen-bond donors (Lipinski definition) is 1. The molecule has 0 aliphatic carbocycles. The van der Waals surface area contributed by atoms with Crippen LogP contribution in [-0.4, -0.2) is 65.3 Å². The van der Waals surface area contributed by atoms with Gasteiger partial charge in [-0.3, -0.25) is 10.00 Å². The fraction of sp³-hybridized carbons (Fsp3) is 0.387. The zero-order valence-electron chi connectivity index (χ0n) is 23.3. The minimum Gasteiger partial charge on any atom is -0.511 e. The first-order valence-electron chi connectivity index (χ1n) is 12.9. The van der Waals surface area contributed by atoms with Crippen molar-refractivity contribution >= 4 is 10.8 Å². The number of aryl methyl sites for hydroxylation is 1. The molecule has 1 saturated heterocycles. The average molecular weight is 539 g/mol. The van der Waals surface area contributed by atoms with E-state index in [0.717, 1.165) is 47.5 Å². The second kappa shape index (κ2) is 14.7. The van der Waals surface area contributed by atoms with E-state index < -0.39 is 0 Å². The maximum atomic E-state index is 9.14. The van der Waals surface area contributed by atoms with Crippen LogP contribution < -0.4 is 56.1 Å². The minimum atomic E-state index is -0.0640. The Hall–Kier alpha value is -1.55. The fourth-order valence-corrected chi connectivity index (χ4v) is 4.10. The number of nitrogens with zero attached hydrogens (tertiary/aromatic N) is 3. The molecule has 0 amide bonds. The summed E-state index contributed by atoms with van der Waals surface area (Å²) in [6, 6.07) is 25.4. The molecule has 7 heteroatoms. The number of hydrogen-bond acceptors (Lipinski definition) is 5. The van der Waals surface area contributed by atoms with Crippen molar-refractivity contribution in [3.63, 3.8) is 0 Å². The molecule has 2 heterocycles. The van der Waals surface area contributed by atoms with Crippen molar-refractivity contribution in [3.05, 3.63) is 90.3 Å². The summed E-state index contributed by atoms with van der Waals surface area (Å²) in [5.74, 6) is 0.899. The molecular weight excluding hydrogens is 501 g/mol. The Morgan fingerprint density at radius 2 is 1.87 bits per heavy atom. The van der Waals surface area contributed by atoms with E-state index in [2.05, 4.69) is 80.3 Å². The fourth-order valence-electron chi connectivity index (χ4n) is 4.10. The zero-order chi connectivity index (χ0) is 26.3. The van der Waals surface area contributed by atoms with Gasteiger partial charge in [0.1, 0.15) is 0 Å². The van der Waals surface area contributed by atoms with Gasteiger partial charge in [0.25, 0.3) is 0 Å². The van der Waals surface area contributed by atoms with Crippen LogP contribution in [0.4, 0.5) is 0 Å². The van der Waals surface area contributed by atoms with Crippen molar-refractivity contribution in [1.82, 2.24) is 14.7 Å². The molecule has 196 valence electrons.